The summed E-state index contributed by atoms with van der Waals surface area (Å²) in [6.07, 6.45) is 8.23. The lowest BCUT2D eigenvalue weighted by Gasteiger charge is -2.37. The van der Waals surface area contributed by atoms with Crippen molar-refractivity contribution in [1.82, 2.24) is 23.9 Å². The van der Waals surface area contributed by atoms with Crippen molar-refractivity contribution < 1.29 is 17.5 Å². The third kappa shape index (κ3) is 5.69. The Kier molecular flexibility index (Phi) is 8.41. The van der Waals surface area contributed by atoms with Gasteiger partial charge in [0.15, 0.2) is 0 Å². The second-order valence-electron chi connectivity index (χ2n) is 11.9. The van der Waals surface area contributed by atoms with E-state index in [4.69, 9.17) is 4.74 Å². The maximum absolute atomic E-state index is 14.0. The highest BCUT2D eigenvalue weighted by Crippen LogP contribution is 2.48. The average Bonchev–Trinajstić information content (AvgIpc) is 3.74. The Morgan fingerprint density at radius 3 is 2.52 bits per heavy atom. The number of methoxy groups -OCH3 is 1. The summed E-state index contributed by atoms with van der Waals surface area (Å²) < 4.78 is 52.2. The van der Waals surface area contributed by atoms with E-state index >= 15 is 0 Å². The van der Waals surface area contributed by atoms with Gasteiger partial charge >= 0.3 is 0 Å². The van der Waals surface area contributed by atoms with Gasteiger partial charge in [0.1, 0.15) is 10.7 Å². The molecule has 0 spiro atoms. The van der Waals surface area contributed by atoms with E-state index in [1.165, 1.54) is 28.6 Å². The van der Waals surface area contributed by atoms with E-state index in [0.717, 1.165) is 47.0 Å². The molecule has 10 heteroatoms. The molecule has 3 heterocycles. The number of fused-ring (bicyclic) bond motifs is 1. The molecule has 1 aliphatic rings. The van der Waals surface area contributed by atoms with E-state index in [-0.39, 0.29) is 16.6 Å². The molecule has 230 valence electrons. The van der Waals surface area contributed by atoms with Crippen molar-refractivity contribution >= 4 is 20.9 Å². The monoisotopic (exact) mass is 615 g/mol. The molecule has 1 fully saturated rings. The lowest BCUT2D eigenvalue weighted by atomic mass is 9.67. The molecule has 0 amide bonds. The lowest BCUT2D eigenvalue weighted by Crippen LogP contribution is -2.38. The summed E-state index contributed by atoms with van der Waals surface area (Å²) in [5.74, 6) is -0.231. The van der Waals surface area contributed by atoms with Crippen molar-refractivity contribution in [1.29, 1.82) is 0 Å². The molecule has 0 bridgehead atoms. The van der Waals surface area contributed by atoms with Crippen LogP contribution in [0.25, 0.3) is 16.6 Å². The molecule has 0 radical (unpaired) electrons. The normalized spacial score (nSPS) is 19.2. The summed E-state index contributed by atoms with van der Waals surface area (Å²) in [6, 6.07) is 21.0. The zero-order valence-electron chi connectivity index (χ0n) is 25.4. The first-order chi connectivity index (χ1) is 21.2. The predicted molar refractivity (Wildman–Crippen MR) is 169 cm³/mol. The number of hydrogen-bond acceptors (Lipinski definition) is 5. The Bertz CT molecular complexity index is 1850. The molecule has 3 aromatic carbocycles. The van der Waals surface area contributed by atoms with Gasteiger partial charge < -0.3 is 4.74 Å². The number of sulfonamides is 1. The van der Waals surface area contributed by atoms with Gasteiger partial charge in [-0.05, 0) is 91.6 Å². The highest BCUT2D eigenvalue weighted by Gasteiger charge is 2.51. The molecule has 2 aromatic heterocycles. The van der Waals surface area contributed by atoms with Crippen molar-refractivity contribution in [3.05, 3.63) is 108 Å². The fraction of sp³-hybridized carbons (Fsp3) is 0.353. The van der Waals surface area contributed by atoms with Crippen LogP contribution in [0.2, 0.25) is 0 Å². The van der Waals surface area contributed by atoms with Crippen LogP contribution in [0.1, 0.15) is 36.0 Å². The third-order valence-electron chi connectivity index (χ3n) is 9.12. The first kappa shape index (κ1) is 30.2. The van der Waals surface area contributed by atoms with E-state index < -0.39 is 15.4 Å². The van der Waals surface area contributed by atoms with Crippen LogP contribution in [0.3, 0.4) is 0 Å². The molecule has 6 rings (SSSR count). The Balaban J connectivity index is 1.42. The summed E-state index contributed by atoms with van der Waals surface area (Å²) in [5.41, 5.74) is 4.67. The van der Waals surface area contributed by atoms with Crippen LogP contribution in [-0.4, -0.2) is 59.1 Å². The van der Waals surface area contributed by atoms with Crippen LogP contribution in [0.15, 0.2) is 90.2 Å². The van der Waals surface area contributed by atoms with Crippen LogP contribution in [0.5, 0.6) is 0 Å². The summed E-state index contributed by atoms with van der Waals surface area (Å²) >= 11 is 0. The van der Waals surface area contributed by atoms with Crippen LogP contribution < -0.4 is 0 Å². The summed E-state index contributed by atoms with van der Waals surface area (Å²) in [6.45, 7) is 3.36. The standard InChI is InChI=1S/C34H38FN5O3S/c1-25-18-33-27(20-37-40(33)30-14-12-29(35)13-15-30)19-32(25)34(16-17-43-3)24-39(44(41,42)31-21-36-38(2)23-31)22-28(34)11-7-10-26-8-5-4-6-9-26/h4-6,8-9,12-15,18-21,23,28H,7,10-11,16-17,22,24H2,1-3H3/t28-,34-/m0/s1. The SMILES string of the molecule is COCC[C@]1(c2cc3cnn(-c4ccc(F)cc4)c3cc2C)CN(S(=O)(=O)c2cnn(C)c2)C[C@@H]1CCCc1ccccc1. The molecule has 1 aliphatic heterocycles. The van der Waals surface area contributed by atoms with Gasteiger partial charge in [-0.25, -0.2) is 17.5 Å². The van der Waals surface area contributed by atoms with Gasteiger partial charge in [0.25, 0.3) is 0 Å². The molecular formula is C34H38FN5O3S. The van der Waals surface area contributed by atoms with E-state index in [1.54, 1.807) is 36.8 Å². The number of aryl methyl sites for hydroxylation is 3. The first-order valence-corrected chi connectivity index (χ1v) is 16.4. The smallest absolute Gasteiger partial charge is 0.246 e. The quantitative estimate of drug-likeness (QED) is 0.187. The Morgan fingerprint density at radius 2 is 1.82 bits per heavy atom. The van der Waals surface area contributed by atoms with E-state index in [2.05, 4.69) is 53.5 Å². The van der Waals surface area contributed by atoms with Gasteiger partial charge in [-0.1, -0.05) is 30.3 Å². The molecule has 0 N–H and O–H groups in total. The van der Waals surface area contributed by atoms with Crippen LogP contribution in [0, 0.1) is 18.7 Å². The number of nitrogens with zero attached hydrogens (tertiary/aromatic N) is 5. The van der Waals surface area contributed by atoms with Crippen LogP contribution >= 0.6 is 0 Å². The minimum Gasteiger partial charge on any atom is -0.385 e. The first-order valence-electron chi connectivity index (χ1n) is 15.0. The maximum Gasteiger partial charge on any atom is 0.246 e. The zero-order chi connectivity index (χ0) is 30.9. The van der Waals surface area contributed by atoms with E-state index in [1.807, 2.05) is 16.9 Å². The minimum absolute atomic E-state index is 0.0658. The maximum atomic E-state index is 14.0. The number of aromatic nitrogens is 4. The fourth-order valence-corrected chi connectivity index (χ4v) is 8.41. The highest BCUT2D eigenvalue weighted by atomic mass is 32.2. The van der Waals surface area contributed by atoms with Crippen LogP contribution in [0.4, 0.5) is 4.39 Å². The van der Waals surface area contributed by atoms with Gasteiger partial charge in [0.05, 0.1) is 23.6 Å². The van der Waals surface area contributed by atoms with Gasteiger partial charge in [-0.2, -0.15) is 14.5 Å². The second kappa shape index (κ2) is 12.3. The van der Waals surface area contributed by atoms with Crippen molar-refractivity contribution in [2.75, 3.05) is 26.8 Å². The summed E-state index contributed by atoms with van der Waals surface area (Å²) in [4.78, 5) is 0.207. The van der Waals surface area contributed by atoms with E-state index in [0.29, 0.717) is 26.1 Å². The number of ether oxygens (including phenoxy) is 1. The van der Waals surface area contributed by atoms with Gasteiger partial charge in [-0.3, -0.25) is 4.68 Å². The zero-order valence-corrected chi connectivity index (χ0v) is 26.2. The Hall–Kier alpha value is -3.86. The third-order valence-corrected chi connectivity index (χ3v) is 10.9. The van der Waals surface area contributed by atoms with E-state index in [9.17, 15) is 12.8 Å². The highest BCUT2D eigenvalue weighted by molar-refractivity contribution is 7.89. The molecule has 0 unspecified atom stereocenters. The second-order valence-corrected chi connectivity index (χ2v) is 13.8. The fourth-order valence-electron chi connectivity index (χ4n) is 6.87. The molecule has 44 heavy (non-hydrogen) atoms. The number of hydrogen-bond donors (Lipinski definition) is 0. The molecule has 0 aliphatic carbocycles. The Morgan fingerprint density at radius 1 is 1.05 bits per heavy atom. The molecule has 0 saturated carbocycles. The minimum atomic E-state index is -3.76. The number of benzene rings is 3. The molecule has 5 aromatic rings. The van der Waals surface area contributed by atoms with Crippen LogP contribution in [-0.2, 0) is 33.6 Å². The number of rotatable bonds is 11. The molecule has 8 nitrogen and oxygen atoms in total. The number of halogens is 1. The van der Waals surface area contributed by atoms with Gasteiger partial charge in [-0.15, -0.1) is 0 Å². The average molecular weight is 616 g/mol. The topological polar surface area (TPSA) is 82.2 Å². The predicted octanol–water partition coefficient (Wildman–Crippen LogP) is 5.82. The van der Waals surface area contributed by atoms with Gasteiger partial charge in [0.2, 0.25) is 10.0 Å². The molecule has 2 atom stereocenters. The van der Waals surface area contributed by atoms with Crippen molar-refractivity contribution in [3.8, 4) is 5.69 Å². The molecule has 1 saturated heterocycles. The van der Waals surface area contributed by atoms with Crippen molar-refractivity contribution in [2.45, 2.75) is 42.9 Å². The lowest BCUT2D eigenvalue weighted by molar-refractivity contribution is 0.152. The van der Waals surface area contributed by atoms with Crippen molar-refractivity contribution in [3.63, 3.8) is 0 Å². The summed E-state index contributed by atoms with van der Waals surface area (Å²) in [5, 5.41) is 9.73. The molecular weight excluding hydrogens is 577 g/mol. The largest absolute Gasteiger partial charge is 0.385 e. The van der Waals surface area contributed by atoms with Gasteiger partial charge in [0, 0.05) is 50.9 Å². The summed E-state index contributed by atoms with van der Waals surface area (Å²) in [7, 11) is -0.341. The van der Waals surface area contributed by atoms with Crippen molar-refractivity contribution in [2.24, 2.45) is 13.0 Å². The Labute approximate surface area is 258 Å².